The molecule has 0 spiro atoms. The van der Waals surface area contributed by atoms with Gasteiger partial charge in [-0.3, -0.25) is 4.79 Å². The van der Waals surface area contributed by atoms with Crippen molar-refractivity contribution in [2.75, 3.05) is 0 Å². The molecule has 2 aromatic rings. The molecule has 1 N–H and O–H groups in total. The van der Waals surface area contributed by atoms with Gasteiger partial charge in [-0.25, -0.2) is 9.48 Å². The molecule has 0 aliphatic rings. The van der Waals surface area contributed by atoms with Crippen LogP contribution in [0.1, 0.15) is 21.6 Å². The lowest BCUT2D eigenvalue weighted by Gasteiger charge is -2.13. The van der Waals surface area contributed by atoms with Crippen molar-refractivity contribution in [1.29, 1.82) is 0 Å². The summed E-state index contributed by atoms with van der Waals surface area (Å²) in [6.45, 7) is 1.31. The van der Waals surface area contributed by atoms with Crippen molar-refractivity contribution in [3.63, 3.8) is 0 Å². The molecule has 110 valence electrons. The third-order valence-corrected chi connectivity index (χ3v) is 2.80. The van der Waals surface area contributed by atoms with Gasteiger partial charge in [-0.1, -0.05) is 6.07 Å². The molecule has 0 saturated heterocycles. The van der Waals surface area contributed by atoms with E-state index in [-0.39, 0.29) is 11.3 Å². The van der Waals surface area contributed by atoms with E-state index >= 15 is 0 Å². The Hall–Kier alpha value is -2.64. The largest absolute Gasteiger partial charge is 0.476 e. The number of hydrogen-bond acceptors (Lipinski definition) is 3. The standard InChI is InChI=1S/C13H9F3N2O3/c1-7-2-3-8(6-9(7)13(14,15)16)18-5-4-10(19)11(17-18)12(20)21/h2-6H,1H3,(H,20,21). The molecule has 0 saturated carbocycles. The number of aromatic carboxylic acids is 1. The van der Waals surface area contributed by atoms with E-state index < -0.39 is 28.8 Å². The van der Waals surface area contributed by atoms with E-state index in [1.165, 1.54) is 19.1 Å². The molecule has 0 atom stereocenters. The lowest BCUT2D eigenvalue weighted by Crippen LogP contribution is -2.20. The first-order valence-electron chi connectivity index (χ1n) is 5.71. The van der Waals surface area contributed by atoms with Gasteiger partial charge < -0.3 is 5.11 Å². The predicted octanol–water partition coefficient (Wildman–Crippen LogP) is 2.26. The Morgan fingerprint density at radius 2 is 1.95 bits per heavy atom. The summed E-state index contributed by atoms with van der Waals surface area (Å²) >= 11 is 0. The van der Waals surface area contributed by atoms with E-state index in [0.717, 1.165) is 23.0 Å². The lowest BCUT2D eigenvalue weighted by atomic mass is 10.1. The molecule has 0 unspecified atom stereocenters. The Balaban J connectivity index is 2.61. The van der Waals surface area contributed by atoms with Crippen molar-refractivity contribution < 1.29 is 23.1 Å². The number of benzene rings is 1. The zero-order valence-electron chi connectivity index (χ0n) is 10.7. The summed E-state index contributed by atoms with van der Waals surface area (Å²) in [7, 11) is 0. The number of alkyl halides is 3. The van der Waals surface area contributed by atoms with Crippen molar-refractivity contribution in [3.05, 3.63) is 57.5 Å². The number of aromatic nitrogens is 2. The molecular formula is C13H9F3N2O3. The number of carboxylic acid groups (broad SMARTS) is 1. The van der Waals surface area contributed by atoms with Crippen molar-refractivity contribution in [2.24, 2.45) is 0 Å². The molecule has 8 heteroatoms. The molecule has 0 amide bonds. The minimum absolute atomic E-state index is 0.00965. The highest BCUT2D eigenvalue weighted by molar-refractivity contribution is 5.84. The quantitative estimate of drug-likeness (QED) is 0.923. The summed E-state index contributed by atoms with van der Waals surface area (Å²) in [4.78, 5) is 22.1. The van der Waals surface area contributed by atoms with Gasteiger partial charge in [0.25, 0.3) is 0 Å². The van der Waals surface area contributed by atoms with Gasteiger partial charge in [-0.15, -0.1) is 0 Å². The average Bonchev–Trinajstić information content (AvgIpc) is 2.38. The number of rotatable bonds is 2. The second kappa shape index (κ2) is 5.04. The molecule has 0 fully saturated rings. The fourth-order valence-corrected chi connectivity index (χ4v) is 1.76. The highest BCUT2D eigenvalue weighted by Crippen LogP contribution is 2.32. The van der Waals surface area contributed by atoms with Crippen molar-refractivity contribution in [2.45, 2.75) is 13.1 Å². The summed E-state index contributed by atoms with van der Waals surface area (Å²) in [5.74, 6) is -1.54. The predicted molar refractivity (Wildman–Crippen MR) is 66.5 cm³/mol. The molecular weight excluding hydrogens is 289 g/mol. The maximum absolute atomic E-state index is 12.8. The van der Waals surface area contributed by atoms with Crippen LogP contribution in [0.2, 0.25) is 0 Å². The molecule has 1 heterocycles. The number of halogens is 3. The minimum atomic E-state index is -4.53. The molecule has 0 bridgehead atoms. The minimum Gasteiger partial charge on any atom is -0.476 e. The first kappa shape index (κ1) is 14.8. The highest BCUT2D eigenvalue weighted by Gasteiger charge is 2.32. The molecule has 1 aromatic heterocycles. The number of hydrogen-bond donors (Lipinski definition) is 1. The van der Waals surface area contributed by atoms with Crippen LogP contribution >= 0.6 is 0 Å². The van der Waals surface area contributed by atoms with Crippen LogP contribution in [0.5, 0.6) is 0 Å². The summed E-state index contributed by atoms with van der Waals surface area (Å²) in [6, 6.07) is 4.38. The summed E-state index contributed by atoms with van der Waals surface area (Å²) < 4.78 is 39.4. The summed E-state index contributed by atoms with van der Waals surface area (Å²) in [5, 5.41) is 12.3. The van der Waals surface area contributed by atoms with Gasteiger partial charge >= 0.3 is 12.1 Å². The van der Waals surface area contributed by atoms with E-state index in [0.29, 0.717) is 0 Å². The van der Waals surface area contributed by atoms with Gasteiger partial charge in [0.05, 0.1) is 11.3 Å². The zero-order valence-corrected chi connectivity index (χ0v) is 10.7. The maximum Gasteiger partial charge on any atom is 0.416 e. The van der Waals surface area contributed by atoms with Gasteiger partial charge in [0.15, 0.2) is 0 Å². The molecule has 1 aromatic carbocycles. The topological polar surface area (TPSA) is 72.2 Å². The number of nitrogens with zero attached hydrogens (tertiary/aromatic N) is 2. The fourth-order valence-electron chi connectivity index (χ4n) is 1.76. The van der Waals surface area contributed by atoms with Gasteiger partial charge in [0.1, 0.15) is 0 Å². The molecule has 5 nitrogen and oxygen atoms in total. The third kappa shape index (κ3) is 2.93. The van der Waals surface area contributed by atoms with Crippen molar-refractivity contribution in [1.82, 2.24) is 9.78 Å². The van der Waals surface area contributed by atoms with Crippen LogP contribution in [-0.2, 0) is 6.18 Å². The van der Waals surface area contributed by atoms with Gasteiger partial charge in [0, 0.05) is 12.3 Å². The number of carbonyl (C=O) groups is 1. The average molecular weight is 298 g/mol. The van der Waals surface area contributed by atoms with E-state index in [2.05, 4.69) is 5.10 Å². The molecule has 0 aliphatic heterocycles. The Morgan fingerprint density at radius 1 is 1.29 bits per heavy atom. The van der Waals surface area contributed by atoms with Gasteiger partial charge in [0.2, 0.25) is 11.1 Å². The second-order valence-corrected chi connectivity index (χ2v) is 4.28. The highest BCUT2D eigenvalue weighted by atomic mass is 19.4. The maximum atomic E-state index is 12.8. The monoisotopic (exact) mass is 298 g/mol. The van der Waals surface area contributed by atoms with Gasteiger partial charge in [-0.2, -0.15) is 18.3 Å². The van der Waals surface area contributed by atoms with Crippen LogP contribution in [0, 0.1) is 6.92 Å². The third-order valence-electron chi connectivity index (χ3n) is 2.80. The van der Waals surface area contributed by atoms with E-state index in [1.54, 1.807) is 0 Å². The SMILES string of the molecule is Cc1ccc(-n2ccc(=O)c(C(=O)O)n2)cc1C(F)(F)F. The van der Waals surface area contributed by atoms with Gasteiger partial charge in [-0.05, 0) is 24.6 Å². The molecule has 2 rings (SSSR count). The fraction of sp³-hybridized carbons (Fsp3) is 0.154. The van der Waals surface area contributed by atoms with Crippen LogP contribution < -0.4 is 5.43 Å². The zero-order chi connectivity index (χ0) is 15.8. The number of aryl methyl sites for hydroxylation is 1. The van der Waals surface area contributed by atoms with E-state index in [1.807, 2.05) is 0 Å². The van der Waals surface area contributed by atoms with Crippen LogP contribution in [0.25, 0.3) is 5.69 Å². The van der Waals surface area contributed by atoms with E-state index in [4.69, 9.17) is 5.11 Å². The first-order valence-corrected chi connectivity index (χ1v) is 5.71. The van der Waals surface area contributed by atoms with Crippen LogP contribution in [0.15, 0.2) is 35.3 Å². The summed E-state index contributed by atoms with van der Waals surface area (Å²) in [5.41, 5.74) is -2.38. The van der Waals surface area contributed by atoms with Crippen molar-refractivity contribution >= 4 is 5.97 Å². The lowest BCUT2D eigenvalue weighted by molar-refractivity contribution is -0.138. The van der Waals surface area contributed by atoms with Crippen LogP contribution in [0.4, 0.5) is 13.2 Å². The number of carboxylic acids is 1. The van der Waals surface area contributed by atoms with E-state index in [9.17, 15) is 22.8 Å². The molecule has 21 heavy (non-hydrogen) atoms. The molecule has 0 aliphatic carbocycles. The summed E-state index contributed by atoms with van der Waals surface area (Å²) in [6.07, 6.45) is -3.42. The smallest absolute Gasteiger partial charge is 0.416 e. The van der Waals surface area contributed by atoms with Crippen molar-refractivity contribution in [3.8, 4) is 5.69 Å². The Kier molecular flexibility index (Phi) is 3.54. The Labute approximate surface area is 116 Å². The molecule has 0 radical (unpaired) electrons. The Morgan fingerprint density at radius 3 is 2.52 bits per heavy atom. The second-order valence-electron chi connectivity index (χ2n) is 4.28. The Bertz CT molecular complexity index is 766. The first-order chi connectivity index (χ1) is 9.70. The normalized spacial score (nSPS) is 11.4. The van der Waals surface area contributed by atoms with Crippen LogP contribution in [0.3, 0.4) is 0 Å². The van der Waals surface area contributed by atoms with Crippen LogP contribution in [-0.4, -0.2) is 20.9 Å².